The van der Waals surface area contributed by atoms with Crippen LogP contribution in [0.3, 0.4) is 0 Å². The fourth-order valence-corrected chi connectivity index (χ4v) is 3.01. The number of anilines is 3. The van der Waals surface area contributed by atoms with Crippen LogP contribution in [0.25, 0.3) is 0 Å². The van der Waals surface area contributed by atoms with E-state index in [-0.39, 0.29) is 22.3 Å². The minimum absolute atomic E-state index is 0.177. The zero-order chi connectivity index (χ0) is 20.1. The molecule has 0 aliphatic carbocycles. The summed E-state index contributed by atoms with van der Waals surface area (Å²) in [5, 5.41) is 44.3. The second kappa shape index (κ2) is 8.83. The third-order valence-corrected chi connectivity index (χ3v) is 4.56. The first-order chi connectivity index (χ1) is 13.5. The van der Waals surface area contributed by atoms with Crippen molar-refractivity contribution < 1.29 is 10.4 Å². The number of hydrazone groups is 1. The van der Waals surface area contributed by atoms with Crippen LogP contribution in [-0.2, 0) is 0 Å². The lowest BCUT2D eigenvalue weighted by atomic mass is 10.0. The third kappa shape index (κ3) is 4.47. The summed E-state index contributed by atoms with van der Waals surface area (Å²) in [6.07, 6.45) is 0. The summed E-state index contributed by atoms with van der Waals surface area (Å²) in [5.74, 6) is 0. The molecule has 0 bridgehead atoms. The van der Waals surface area contributed by atoms with E-state index in [4.69, 9.17) is 0 Å². The van der Waals surface area contributed by atoms with Crippen LogP contribution in [0, 0.1) is 10.4 Å². The number of hydrogen-bond acceptors (Lipinski definition) is 8. The Bertz CT molecular complexity index is 981. The molecule has 3 rings (SSSR count). The average molecular weight is 443 g/mol. The van der Waals surface area contributed by atoms with Crippen molar-refractivity contribution in [1.82, 2.24) is 0 Å². The van der Waals surface area contributed by atoms with Crippen LogP contribution in [0.1, 0.15) is 11.1 Å². The number of rotatable bonds is 6. The summed E-state index contributed by atoms with van der Waals surface area (Å²) >= 11 is 3.51. The molecule has 28 heavy (non-hydrogen) atoms. The van der Waals surface area contributed by atoms with Crippen LogP contribution in [0.2, 0.25) is 0 Å². The van der Waals surface area contributed by atoms with E-state index >= 15 is 0 Å². The van der Waals surface area contributed by atoms with Gasteiger partial charge in [0.05, 0.1) is 11.4 Å². The lowest BCUT2D eigenvalue weighted by Gasteiger charge is -2.37. The van der Waals surface area contributed by atoms with Crippen LogP contribution in [0.5, 0.6) is 0 Å². The Balaban J connectivity index is 2.04. The van der Waals surface area contributed by atoms with Gasteiger partial charge in [-0.25, -0.2) is 0 Å². The van der Waals surface area contributed by atoms with Gasteiger partial charge in [0, 0.05) is 21.3 Å². The van der Waals surface area contributed by atoms with E-state index < -0.39 is 5.23 Å². The van der Waals surface area contributed by atoms with E-state index in [1.807, 2.05) is 54.6 Å². The Morgan fingerprint density at radius 1 is 0.929 bits per heavy atom. The van der Waals surface area contributed by atoms with Crippen molar-refractivity contribution in [2.75, 3.05) is 15.9 Å². The highest BCUT2D eigenvalue weighted by atomic mass is 79.9. The summed E-state index contributed by atoms with van der Waals surface area (Å²) in [4.78, 5) is 0. The molecule has 3 aromatic carbocycles. The van der Waals surface area contributed by atoms with E-state index in [1.165, 1.54) is 12.1 Å². The lowest BCUT2D eigenvalue weighted by Crippen LogP contribution is -2.15. The maximum absolute atomic E-state index is 10.9. The molecule has 0 aliphatic heterocycles. The van der Waals surface area contributed by atoms with Crippen LogP contribution in [0.15, 0.2) is 82.4 Å². The average Bonchev–Trinajstić information content (AvgIpc) is 2.70. The topological polar surface area (TPSA) is 117 Å². The van der Waals surface area contributed by atoms with Gasteiger partial charge in [0.1, 0.15) is 5.69 Å². The number of benzene rings is 3. The summed E-state index contributed by atoms with van der Waals surface area (Å²) in [5.41, 5.74) is 4.69. The highest BCUT2D eigenvalue weighted by Gasteiger charge is 2.12. The Morgan fingerprint density at radius 3 is 2.25 bits per heavy atom. The van der Waals surface area contributed by atoms with E-state index in [9.17, 15) is 20.8 Å². The van der Waals surface area contributed by atoms with Crippen LogP contribution in [0.4, 0.5) is 17.1 Å². The second-order valence-corrected chi connectivity index (χ2v) is 6.52. The molecule has 0 radical (unpaired) electrons. The Labute approximate surface area is 169 Å². The number of hydrogen-bond donors (Lipinski definition) is 3. The Kier molecular flexibility index (Phi) is 6.24. The van der Waals surface area contributed by atoms with Crippen molar-refractivity contribution in [2.24, 2.45) is 5.10 Å². The van der Waals surface area contributed by atoms with E-state index in [0.29, 0.717) is 5.71 Å². The minimum atomic E-state index is -0.628. The zero-order valence-electron chi connectivity index (χ0n) is 14.4. The third-order valence-electron chi connectivity index (χ3n) is 3.87. The zero-order valence-corrected chi connectivity index (χ0v) is 15.9. The highest BCUT2D eigenvalue weighted by Crippen LogP contribution is 2.30. The molecule has 0 aromatic heterocycles. The van der Waals surface area contributed by atoms with Crippen molar-refractivity contribution in [1.29, 1.82) is 0 Å². The number of nitrogens with zero attached hydrogens (tertiary/aromatic N) is 3. The van der Waals surface area contributed by atoms with E-state index in [2.05, 4.69) is 26.5 Å². The standard InChI is InChI=1S/C19H15BrN4O4/c20-16-9-5-4-8-15(16)19(13-6-2-1-3-7-13)22-21-17-11-10-14(23(25)26)12-18(17)24(27)28/h1-12,21,27-28H/q-2. The molecule has 0 fully saturated rings. The SMILES string of the molecule is [O-]N([O-])c1ccc(NN=C(c2ccccc2)c2ccccc2Br)c(N(O)O)c1. The van der Waals surface area contributed by atoms with Gasteiger partial charge in [0.2, 0.25) is 0 Å². The van der Waals surface area contributed by atoms with E-state index in [0.717, 1.165) is 21.7 Å². The first-order valence-corrected chi connectivity index (χ1v) is 8.87. The van der Waals surface area contributed by atoms with Gasteiger partial charge in [-0.3, -0.25) is 15.8 Å². The van der Waals surface area contributed by atoms with E-state index in [1.54, 1.807) is 0 Å². The first kappa shape index (κ1) is 19.8. The normalized spacial score (nSPS) is 11.2. The van der Waals surface area contributed by atoms with Crippen molar-refractivity contribution in [3.8, 4) is 0 Å². The maximum atomic E-state index is 10.9. The number of halogens is 1. The van der Waals surface area contributed by atoms with Crippen molar-refractivity contribution in [2.45, 2.75) is 0 Å². The van der Waals surface area contributed by atoms with Crippen molar-refractivity contribution in [3.63, 3.8) is 0 Å². The van der Waals surface area contributed by atoms with Crippen molar-refractivity contribution >= 4 is 38.7 Å². The summed E-state index contributed by atoms with van der Waals surface area (Å²) in [6.45, 7) is 0. The number of nitrogens with one attached hydrogen (secondary N) is 1. The van der Waals surface area contributed by atoms with Crippen molar-refractivity contribution in [3.05, 3.63) is 98.8 Å². The largest absolute Gasteiger partial charge is 0.769 e. The van der Waals surface area contributed by atoms with Gasteiger partial charge < -0.3 is 15.6 Å². The molecule has 0 aliphatic rings. The predicted octanol–water partition coefficient (Wildman–Crippen LogP) is 4.70. The smallest absolute Gasteiger partial charge is 0.121 e. The van der Waals surface area contributed by atoms with Gasteiger partial charge in [-0.15, -0.1) is 5.23 Å². The quantitative estimate of drug-likeness (QED) is 0.373. The minimum Gasteiger partial charge on any atom is -0.769 e. The highest BCUT2D eigenvalue weighted by molar-refractivity contribution is 9.10. The molecule has 0 unspecified atom stereocenters. The summed E-state index contributed by atoms with van der Waals surface area (Å²) in [7, 11) is 0. The maximum Gasteiger partial charge on any atom is 0.121 e. The van der Waals surface area contributed by atoms with Gasteiger partial charge in [-0.1, -0.05) is 64.5 Å². The molecule has 8 nitrogen and oxygen atoms in total. The fraction of sp³-hybridized carbons (Fsp3) is 0. The van der Waals surface area contributed by atoms with Gasteiger partial charge in [0.25, 0.3) is 0 Å². The molecule has 0 spiro atoms. The van der Waals surface area contributed by atoms with Crippen LogP contribution >= 0.6 is 15.9 Å². The van der Waals surface area contributed by atoms with Crippen LogP contribution in [-0.4, -0.2) is 16.1 Å². The van der Waals surface area contributed by atoms with Gasteiger partial charge in [-0.05, 0) is 24.3 Å². The molecule has 144 valence electrons. The molecule has 3 N–H and O–H groups in total. The predicted molar refractivity (Wildman–Crippen MR) is 112 cm³/mol. The molecular weight excluding hydrogens is 428 g/mol. The monoisotopic (exact) mass is 442 g/mol. The molecular formula is C19H15BrN4O4-2. The molecule has 0 atom stereocenters. The Hall–Kier alpha value is -2.95. The summed E-state index contributed by atoms with van der Waals surface area (Å²) in [6, 6.07) is 20.6. The molecule has 0 saturated heterocycles. The fourth-order valence-electron chi connectivity index (χ4n) is 2.54. The van der Waals surface area contributed by atoms with Gasteiger partial charge in [-0.2, -0.15) is 5.10 Å². The first-order valence-electron chi connectivity index (χ1n) is 8.07. The van der Waals surface area contributed by atoms with Gasteiger partial charge >= 0.3 is 0 Å². The molecule has 0 saturated carbocycles. The summed E-state index contributed by atoms with van der Waals surface area (Å²) < 4.78 is 0.828. The molecule has 0 heterocycles. The van der Waals surface area contributed by atoms with Gasteiger partial charge in [0.15, 0.2) is 0 Å². The second-order valence-electron chi connectivity index (χ2n) is 5.67. The Morgan fingerprint density at radius 2 is 1.61 bits per heavy atom. The van der Waals surface area contributed by atoms with Crippen LogP contribution < -0.4 is 15.9 Å². The lowest BCUT2D eigenvalue weighted by molar-refractivity contribution is 0.0295. The molecule has 9 heteroatoms. The molecule has 3 aromatic rings. The molecule has 0 amide bonds.